The molecule has 0 N–H and O–H groups in total. The minimum Gasteiger partial charge on any atom is -0.147 e. The van der Waals surface area contributed by atoms with Crippen molar-refractivity contribution in [3.63, 3.8) is 0 Å². The fourth-order valence-corrected chi connectivity index (χ4v) is 11.2. The van der Waals surface area contributed by atoms with Crippen molar-refractivity contribution in [3.05, 3.63) is 0 Å². The van der Waals surface area contributed by atoms with Gasteiger partial charge < -0.3 is 0 Å². The Kier molecular flexibility index (Phi) is 36.5. The van der Waals surface area contributed by atoms with Crippen molar-refractivity contribution in [3.8, 4) is 0 Å². The second-order valence-corrected chi connectivity index (χ2v) is 17.2. The maximum atomic E-state index is 2.35. The molecule has 0 aromatic heterocycles. The Morgan fingerprint density at radius 2 is 0.395 bits per heavy atom. The van der Waals surface area contributed by atoms with E-state index in [0.717, 1.165) is 0 Å². The van der Waals surface area contributed by atoms with Crippen molar-refractivity contribution in [2.75, 3.05) is 24.6 Å². The van der Waals surface area contributed by atoms with Gasteiger partial charge in [-0.3, -0.25) is 0 Å². The summed E-state index contributed by atoms with van der Waals surface area (Å²) >= 11 is 0. The summed E-state index contributed by atoms with van der Waals surface area (Å²) in [6.07, 6.45) is 48.2. The van der Waals surface area contributed by atoms with Gasteiger partial charge in [0.15, 0.2) is 0 Å². The highest BCUT2D eigenvalue weighted by atomic mass is 35.5. The number of hydrogen-bond donors (Lipinski definition) is 0. The molecule has 0 saturated carbocycles. The molecule has 0 aliphatic heterocycles. The van der Waals surface area contributed by atoms with E-state index in [0.29, 0.717) is 0 Å². The Hall–Kier alpha value is 0.720. The SMILES string of the molecule is CCCCCCCCCCCC[P+](CCCCCCCC)(CCCCCCCC)CCCCCCCC.Cl. The van der Waals surface area contributed by atoms with Crippen LogP contribution in [0.2, 0.25) is 0 Å². The van der Waals surface area contributed by atoms with E-state index in [4.69, 9.17) is 0 Å². The number of hydrogen-bond acceptors (Lipinski definition) is 0. The predicted molar refractivity (Wildman–Crippen MR) is 186 cm³/mol. The summed E-state index contributed by atoms with van der Waals surface area (Å²) in [5.74, 6) is 0. The van der Waals surface area contributed by atoms with Crippen LogP contribution in [0.25, 0.3) is 0 Å². The van der Waals surface area contributed by atoms with Crippen molar-refractivity contribution in [2.45, 2.75) is 207 Å². The molecule has 0 nitrogen and oxygen atoms in total. The summed E-state index contributed by atoms with van der Waals surface area (Å²) in [5.41, 5.74) is 0. The molecule has 232 valence electrons. The normalized spacial score (nSPS) is 11.7. The molecule has 0 aliphatic rings. The lowest BCUT2D eigenvalue weighted by Gasteiger charge is -2.28. The molecule has 0 atom stereocenters. The first-order valence-corrected chi connectivity index (χ1v) is 20.6. The number of halogens is 1. The van der Waals surface area contributed by atoms with Crippen LogP contribution < -0.4 is 0 Å². The zero-order chi connectivity index (χ0) is 27.1. The highest BCUT2D eigenvalue weighted by molar-refractivity contribution is 7.75. The largest absolute Gasteiger partial charge is 0.147 e. The van der Waals surface area contributed by atoms with Crippen molar-refractivity contribution in [1.29, 1.82) is 0 Å². The Balaban J connectivity index is 0. The van der Waals surface area contributed by atoms with Crippen molar-refractivity contribution < 1.29 is 0 Å². The van der Waals surface area contributed by atoms with Crippen LogP contribution in [0.1, 0.15) is 207 Å². The van der Waals surface area contributed by atoms with Gasteiger partial charge in [-0.15, -0.1) is 12.4 Å². The third kappa shape index (κ3) is 28.3. The standard InChI is InChI=1S/C36H76P.ClH/c1-5-9-13-17-21-22-23-24-28-32-36-37(33-29-25-18-14-10-6-2,34-30-26-19-15-11-7-3)35-31-27-20-16-12-8-4;/h5-36H2,1-4H3;1H/q+1;. The van der Waals surface area contributed by atoms with Gasteiger partial charge in [-0.1, -0.05) is 156 Å². The summed E-state index contributed by atoms with van der Waals surface area (Å²) in [5, 5.41) is 0. The van der Waals surface area contributed by atoms with Gasteiger partial charge in [0.2, 0.25) is 0 Å². The lowest BCUT2D eigenvalue weighted by molar-refractivity contribution is 0.562. The first-order valence-electron chi connectivity index (χ1n) is 18.1. The van der Waals surface area contributed by atoms with Gasteiger partial charge in [-0.05, 0) is 51.4 Å². The van der Waals surface area contributed by atoms with Crippen LogP contribution in [0, 0.1) is 0 Å². The molecule has 0 bridgehead atoms. The molecule has 0 radical (unpaired) electrons. The smallest absolute Gasteiger partial charge is 0.0594 e. The Morgan fingerprint density at radius 3 is 0.579 bits per heavy atom. The molecule has 0 saturated heterocycles. The molecular formula is C36H77ClP+. The van der Waals surface area contributed by atoms with Crippen molar-refractivity contribution in [1.82, 2.24) is 0 Å². The molecule has 2 heteroatoms. The molecule has 0 unspecified atom stereocenters. The van der Waals surface area contributed by atoms with E-state index < -0.39 is 7.26 Å². The molecule has 0 fully saturated rings. The zero-order valence-corrected chi connectivity index (χ0v) is 29.2. The quantitative estimate of drug-likeness (QED) is 0.0552. The van der Waals surface area contributed by atoms with Crippen molar-refractivity contribution in [2.24, 2.45) is 0 Å². The molecule has 0 rings (SSSR count). The second kappa shape index (κ2) is 33.9. The van der Waals surface area contributed by atoms with Gasteiger partial charge in [0.25, 0.3) is 0 Å². The van der Waals surface area contributed by atoms with Gasteiger partial charge in [0.1, 0.15) is 0 Å². The Labute approximate surface area is 251 Å². The van der Waals surface area contributed by atoms with Crippen LogP contribution in [0.5, 0.6) is 0 Å². The minimum absolute atomic E-state index is 0. The topological polar surface area (TPSA) is 0 Å². The molecule has 0 aromatic rings. The summed E-state index contributed by atoms with van der Waals surface area (Å²) in [6, 6.07) is 0. The molecule has 38 heavy (non-hydrogen) atoms. The fraction of sp³-hybridized carbons (Fsp3) is 1.00. The van der Waals surface area contributed by atoms with E-state index in [2.05, 4.69) is 27.7 Å². The zero-order valence-electron chi connectivity index (χ0n) is 27.5. The Bertz CT molecular complexity index is 369. The van der Waals surface area contributed by atoms with Crippen molar-refractivity contribution >= 4 is 19.7 Å². The Morgan fingerprint density at radius 1 is 0.237 bits per heavy atom. The van der Waals surface area contributed by atoms with Crippen LogP contribution in [-0.4, -0.2) is 24.6 Å². The first-order chi connectivity index (χ1) is 18.2. The van der Waals surface area contributed by atoms with Gasteiger partial charge in [-0.25, -0.2) is 0 Å². The maximum absolute atomic E-state index is 2.35. The average Bonchev–Trinajstić information content (AvgIpc) is 2.91. The van der Waals surface area contributed by atoms with E-state index in [1.165, 1.54) is 154 Å². The van der Waals surface area contributed by atoms with Crippen LogP contribution in [0.4, 0.5) is 0 Å². The van der Waals surface area contributed by atoms with Gasteiger partial charge >= 0.3 is 0 Å². The average molecular weight is 576 g/mol. The lowest BCUT2D eigenvalue weighted by Crippen LogP contribution is -2.13. The monoisotopic (exact) mass is 576 g/mol. The van der Waals surface area contributed by atoms with E-state index in [-0.39, 0.29) is 12.4 Å². The van der Waals surface area contributed by atoms with E-state index in [1.807, 2.05) is 0 Å². The third-order valence-corrected chi connectivity index (χ3v) is 14.0. The van der Waals surface area contributed by atoms with Crippen LogP contribution in [0.3, 0.4) is 0 Å². The van der Waals surface area contributed by atoms with Gasteiger partial charge in [0, 0.05) is 7.26 Å². The summed E-state index contributed by atoms with van der Waals surface area (Å²) < 4.78 is 0. The first kappa shape index (κ1) is 40.9. The molecule has 0 aliphatic carbocycles. The number of rotatable bonds is 32. The van der Waals surface area contributed by atoms with E-state index in [1.54, 1.807) is 50.3 Å². The van der Waals surface area contributed by atoms with Gasteiger partial charge in [-0.2, -0.15) is 0 Å². The minimum atomic E-state index is -0.737. The lowest BCUT2D eigenvalue weighted by atomic mass is 10.1. The molecular weight excluding hydrogens is 499 g/mol. The maximum Gasteiger partial charge on any atom is 0.0594 e. The molecule has 0 amide bonds. The second-order valence-electron chi connectivity index (χ2n) is 12.7. The van der Waals surface area contributed by atoms with Crippen LogP contribution in [0.15, 0.2) is 0 Å². The highest BCUT2D eigenvalue weighted by Gasteiger charge is 2.34. The van der Waals surface area contributed by atoms with Crippen LogP contribution >= 0.6 is 19.7 Å². The fourth-order valence-electron chi connectivity index (χ4n) is 6.29. The number of unbranched alkanes of at least 4 members (excludes halogenated alkanes) is 24. The van der Waals surface area contributed by atoms with Gasteiger partial charge in [0.05, 0.1) is 24.6 Å². The van der Waals surface area contributed by atoms with E-state index in [9.17, 15) is 0 Å². The summed E-state index contributed by atoms with van der Waals surface area (Å²) in [6.45, 7) is 9.38. The highest BCUT2D eigenvalue weighted by Crippen LogP contribution is 2.61. The molecule has 0 aromatic carbocycles. The van der Waals surface area contributed by atoms with Crippen LogP contribution in [-0.2, 0) is 0 Å². The molecule has 0 heterocycles. The predicted octanol–water partition coefficient (Wildman–Crippen LogP) is 14.4. The molecule has 0 spiro atoms. The summed E-state index contributed by atoms with van der Waals surface area (Å²) in [7, 11) is -0.737. The summed E-state index contributed by atoms with van der Waals surface area (Å²) in [4.78, 5) is 0. The third-order valence-electron chi connectivity index (χ3n) is 8.94. The van der Waals surface area contributed by atoms with E-state index >= 15 is 0 Å².